The molecular formula is C36H50N4O4. The largest absolute Gasteiger partial charge is 0.481 e. The average molecular weight is 603 g/mol. The molecule has 0 spiro atoms. The zero-order valence-corrected chi connectivity index (χ0v) is 27.1. The van der Waals surface area contributed by atoms with E-state index in [1.165, 1.54) is 24.1 Å². The van der Waals surface area contributed by atoms with Gasteiger partial charge < -0.3 is 15.2 Å². The van der Waals surface area contributed by atoms with E-state index in [9.17, 15) is 14.7 Å². The summed E-state index contributed by atoms with van der Waals surface area (Å²) < 4.78 is 9.56. The number of hydrogen-bond donors (Lipinski definition) is 3. The number of aryl methyl sites for hydroxylation is 1. The Morgan fingerprint density at radius 2 is 2.02 bits per heavy atom. The topological polar surface area (TPSA) is 97.5 Å². The van der Waals surface area contributed by atoms with Gasteiger partial charge in [0.1, 0.15) is 0 Å². The van der Waals surface area contributed by atoms with E-state index in [1.807, 2.05) is 45.9 Å². The maximum Gasteiger partial charge on any atom is 0.329 e. The number of carboxylic acid groups (broad SMARTS) is 1. The molecule has 0 amide bonds. The Balaban J connectivity index is 1.11. The molecule has 44 heavy (non-hydrogen) atoms. The number of allylic oxidation sites excluding steroid dienone is 3. The number of aliphatic carboxylic acids is 1. The van der Waals surface area contributed by atoms with Crippen molar-refractivity contribution >= 4 is 17.0 Å². The lowest BCUT2D eigenvalue weighted by Crippen LogP contribution is -2.47. The second kappa shape index (κ2) is 13.8. The predicted octanol–water partition coefficient (Wildman–Crippen LogP) is 5.77. The second-order valence-corrected chi connectivity index (χ2v) is 13.9. The van der Waals surface area contributed by atoms with E-state index in [1.54, 1.807) is 16.2 Å². The first kappa shape index (κ1) is 32.1. The summed E-state index contributed by atoms with van der Waals surface area (Å²) in [5.74, 6) is 5.37. The molecule has 1 aliphatic carbocycles. The Bertz CT molecular complexity index is 1530. The quantitative estimate of drug-likeness (QED) is 0.236. The fourth-order valence-corrected chi connectivity index (χ4v) is 7.03. The van der Waals surface area contributed by atoms with Crippen LogP contribution in [0.25, 0.3) is 11.0 Å². The first-order valence-corrected chi connectivity index (χ1v) is 16.5. The molecule has 238 valence electrons. The van der Waals surface area contributed by atoms with Crippen molar-refractivity contribution in [2.45, 2.75) is 109 Å². The molecular weight excluding hydrogens is 552 g/mol. The van der Waals surface area contributed by atoms with E-state index in [4.69, 9.17) is 4.74 Å². The maximum absolute atomic E-state index is 13.1. The molecule has 3 heterocycles. The molecule has 8 nitrogen and oxygen atoms in total. The summed E-state index contributed by atoms with van der Waals surface area (Å²) >= 11 is 0. The van der Waals surface area contributed by atoms with Crippen LogP contribution < -0.4 is 16.3 Å². The Labute approximate surface area is 261 Å². The summed E-state index contributed by atoms with van der Waals surface area (Å²) in [4.78, 5) is 25.6. The third kappa shape index (κ3) is 7.33. The van der Waals surface area contributed by atoms with Gasteiger partial charge in [-0.25, -0.2) is 4.79 Å². The molecule has 3 unspecified atom stereocenters. The number of dihydropyridines is 1. The summed E-state index contributed by atoms with van der Waals surface area (Å²) in [5, 5.41) is 17.4. The number of imidazole rings is 1. The maximum atomic E-state index is 13.1. The van der Waals surface area contributed by atoms with Crippen LogP contribution in [0.2, 0.25) is 0 Å². The molecule has 2 fully saturated rings. The van der Waals surface area contributed by atoms with Gasteiger partial charge in [0.15, 0.2) is 0 Å². The van der Waals surface area contributed by atoms with Gasteiger partial charge in [-0.1, -0.05) is 37.0 Å². The molecule has 1 saturated carbocycles. The first-order valence-electron chi connectivity index (χ1n) is 16.5. The number of nitrogens with one attached hydrogen (secondary N) is 2. The van der Waals surface area contributed by atoms with Crippen LogP contribution in [-0.2, 0) is 22.1 Å². The number of hydrogen-bond acceptors (Lipinski definition) is 5. The Hall–Kier alpha value is -3.28. The molecule has 2 aromatic rings. The number of para-hydroxylation sites is 1. The highest BCUT2D eigenvalue weighted by Gasteiger charge is 2.29. The van der Waals surface area contributed by atoms with Crippen LogP contribution >= 0.6 is 0 Å². The number of rotatable bonds is 10. The molecule has 0 bridgehead atoms. The number of fused-ring (bicyclic) bond motifs is 2. The van der Waals surface area contributed by atoms with E-state index in [2.05, 4.69) is 34.6 Å². The highest BCUT2D eigenvalue weighted by Crippen LogP contribution is 2.33. The lowest BCUT2D eigenvalue weighted by molar-refractivity contribution is -0.139. The van der Waals surface area contributed by atoms with Gasteiger partial charge in [0.2, 0.25) is 0 Å². The monoisotopic (exact) mass is 602 g/mol. The summed E-state index contributed by atoms with van der Waals surface area (Å²) in [6, 6.07) is 5.60. The van der Waals surface area contributed by atoms with Crippen LogP contribution in [0, 0.1) is 23.7 Å². The minimum absolute atomic E-state index is 0.0921. The highest BCUT2D eigenvalue weighted by atomic mass is 16.5. The van der Waals surface area contributed by atoms with Crippen molar-refractivity contribution in [1.82, 2.24) is 19.8 Å². The summed E-state index contributed by atoms with van der Waals surface area (Å²) in [7, 11) is 1.73. The third-order valence-corrected chi connectivity index (χ3v) is 9.34. The fraction of sp³-hybridized carbons (Fsp3) is 0.611. The van der Waals surface area contributed by atoms with Crippen LogP contribution in [0.1, 0.15) is 97.0 Å². The van der Waals surface area contributed by atoms with E-state index < -0.39 is 17.4 Å². The molecule has 1 aromatic heterocycles. The van der Waals surface area contributed by atoms with Gasteiger partial charge in [0, 0.05) is 36.7 Å². The zero-order valence-electron chi connectivity index (χ0n) is 27.1. The summed E-state index contributed by atoms with van der Waals surface area (Å²) in [5.41, 5.74) is 4.34. The van der Waals surface area contributed by atoms with E-state index in [0.29, 0.717) is 23.7 Å². The summed E-state index contributed by atoms with van der Waals surface area (Å²) in [6.45, 7) is 9.82. The number of piperidine rings is 1. The Morgan fingerprint density at radius 1 is 1.20 bits per heavy atom. The zero-order chi connectivity index (χ0) is 31.4. The van der Waals surface area contributed by atoms with Gasteiger partial charge in [-0.05, 0) is 108 Å². The lowest BCUT2D eigenvalue weighted by atomic mass is 9.88. The molecule has 3 N–H and O–H groups in total. The van der Waals surface area contributed by atoms with Crippen LogP contribution in [0.4, 0.5) is 0 Å². The second-order valence-electron chi connectivity index (χ2n) is 13.9. The van der Waals surface area contributed by atoms with Crippen molar-refractivity contribution < 1.29 is 14.6 Å². The van der Waals surface area contributed by atoms with Crippen LogP contribution in [0.15, 0.2) is 46.4 Å². The molecule has 1 aromatic carbocycles. The van der Waals surface area contributed by atoms with Crippen molar-refractivity contribution in [2.24, 2.45) is 18.9 Å². The summed E-state index contributed by atoms with van der Waals surface area (Å²) in [6.07, 6.45) is 14.1. The van der Waals surface area contributed by atoms with Gasteiger partial charge in [0.05, 0.1) is 29.2 Å². The predicted molar refractivity (Wildman–Crippen MR) is 175 cm³/mol. The van der Waals surface area contributed by atoms with Gasteiger partial charge in [-0.15, -0.1) is 0 Å². The van der Waals surface area contributed by atoms with Gasteiger partial charge in [-0.2, -0.15) is 0 Å². The Morgan fingerprint density at radius 3 is 2.80 bits per heavy atom. The molecule has 5 rings (SSSR count). The first-order chi connectivity index (χ1) is 21.0. The third-order valence-electron chi connectivity index (χ3n) is 9.34. The smallest absolute Gasteiger partial charge is 0.329 e. The number of nitrogens with zero attached hydrogens (tertiary/aromatic N) is 2. The van der Waals surface area contributed by atoms with Crippen molar-refractivity contribution in [1.29, 1.82) is 0 Å². The molecule has 8 heteroatoms. The molecule has 3 aliphatic rings. The number of ether oxygens (including phenoxy) is 1. The number of aromatic nitrogens is 2. The van der Waals surface area contributed by atoms with Crippen LogP contribution in [0.5, 0.6) is 0 Å². The molecule has 5 atom stereocenters. The molecule has 1 saturated heterocycles. The SMILES string of the molecule is CC(C#C[C@H]1CC[C@H](OCCCCC2=CC=C3CCCNC3N2)C1)CC(C(=O)O)c1cccc2c1n(C)c(=O)n2C(C)(C)C. The normalized spacial score (nSPS) is 23.2. The average Bonchev–Trinajstić information content (AvgIpc) is 3.55. The van der Waals surface area contributed by atoms with Crippen molar-refractivity contribution in [2.75, 3.05) is 13.2 Å². The minimum atomic E-state index is -0.890. The van der Waals surface area contributed by atoms with Crippen LogP contribution in [-0.4, -0.2) is 45.6 Å². The van der Waals surface area contributed by atoms with Crippen molar-refractivity contribution in [3.63, 3.8) is 0 Å². The van der Waals surface area contributed by atoms with Crippen molar-refractivity contribution in [3.8, 4) is 11.8 Å². The van der Waals surface area contributed by atoms with Gasteiger partial charge in [-0.3, -0.25) is 19.2 Å². The number of carboxylic acids is 1. The Kier molecular flexibility index (Phi) is 10.1. The number of carbonyl (C=O) groups is 1. The molecule has 0 radical (unpaired) electrons. The minimum Gasteiger partial charge on any atom is -0.481 e. The van der Waals surface area contributed by atoms with Gasteiger partial charge >= 0.3 is 11.7 Å². The molecule has 2 aliphatic heterocycles. The van der Waals surface area contributed by atoms with E-state index in [-0.39, 0.29) is 23.6 Å². The fourth-order valence-electron chi connectivity index (χ4n) is 7.03. The van der Waals surface area contributed by atoms with Crippen LogP contribution in [0.3, 0.4) is 0 Å². The standard InChI is InChI=1S/C36H50N4O4/c1-24(22-30(34(41)42)29-12-8-13-31-32(29)39(5)35(43)40(31)36(2,3)4)14-15-25-16-19-28(23-25)44-21-7-6-11-27-18-17-26-10-9-20-37-33(26)38-27/h8,12-13,17-18,24-25,28,30,33,37-38H,6-7,9-11,16,19-23H2,1-5H3,(H,41,42)/t24?,25-,28-,30?,33?/m0/s1. The van der Waals surface area contributed by atoms with E-state index in [0.717, 1.165) is 57.2 Å². The number of unbranched alkanes of at least 4 members (excludes halogenated alkanes) is 1. The van der Waals surface area contributed by atoms with Crippen molar-refractivity contribution in [3.05, 3.63) is 57.7 Å². The van der Waals surface area contributed by atoms with Gasteiger partial charge in [0.25, 0.3) is 0 Å². The number of benzene rings is 1. The lowest BCUT2D eigenvalue weighted by Gasteiger charge is -2.32. The van der Waals surface area contributed by atoms with E-state index >= 15 is 0 Å². The highest BCUT2D eigenvalue weighted by molar-refractivity contribution is 5.87.